The van der Waals surface area contributed by atoms with Gasteiger partial charge in [0.25, 0.3) is 0 Å². The molecule has 2 nitrogen and oxygen atoms in total. The highest BCUT2D eigenvalue weighted by Crippen LogP contribution is 2.28. The van der Waals surface area contributed by atoms with E-state index in [1.807, 2.05) is 0 Å². The lowest BCUT2D eigenvalue weighted by molar-refractivity contribution is 0.382. The van der Waals surface area contributed by atoms with Crippen molar-refractivity contribution in [3.8, 4) is 0 Å². The summed E-state index contributed by atoms with van der Waals surface area (Å²) in [5.74, 6) is 0.864. The Labute approximate surface area is 111 Å². The van der Waals surface area contributed by atoms with Crippen molar-refractivity contribution in [2.24, 2.45) is 5.92 Å². The summed E-state index contributed by atoms with van der Waals surface area (Å²) >= 11 is 0. The van der Waals surface area contributed by atoms with E-state index in [0.717, 1.165) is 12.5 Å². The fourth-order valence-electron chi connectivity index (χ4n) is 3.04. The molecule has 0 aliphatic heterocycles. The minimum atomic E-state index is 0.624. The summed E-state index contributed by atoms with van der Waals surface area (Å²) in [6, 6.07) is 9.44. The summed E-state index contributed by atoms with van der Waals surface area (Å²) in [5.41, 5.74) is 2.65. The monoisotopic (exact) mass is 246 g/mol. The molecule has 1 fully saturated rings. The largest absolute Gasteiger partial charge is 0.373 e. The Kier molecular flexibility index (Phi) is 4.65. The maximum Gasteiger partial charge on any atom is 0.0364 e. The summed E-state index contributed by atoms with van der Waals surface area (Å²) in [6.45, 7) is 3.24. The zero-order valence-corrected chi connectivity index (χ0v) is 11.9. The van der Waals surface area contributed by atoms with E-state index in [4.69, 9.17) is 0 Å². The van der Waals surface area contributed by atoms with E-state index in [0.29, 0.717) is 6.04 Å². The molecule has 1 aromatic rings. The van der Waals surface area contributed by atoms with Gasteiger partial charge in [-0.1, -0.05) is 30.5 Å². The zero-order chi connectivity index (χ0) is 13.0. The van der Waals surface area contributed by atoms with Gasteiger partial charge in [-0.3, -0.25) is 0 Å². The highest BCUT2D eigenvalue weighted by atomic mass is 15.1. The van der Waals surface area contributed by atoms with Gasteiger partial charge in [-0.05, 0) is 44.9 Å². The first-order chi connectivity index (χ1) is 8.70. The molecular formula is C16H26N2. The Morgan fingerprint density at radius 1 is 1.22 bits per heavy atom. The van der Waals surface area contributed by atoms with Gasteiger partial charge in [-0.25, -0.2) is 0 Å². The van der Waals surface area contributed by atoms with Crippen LogP contribution in [0, 0.1) is 12.8 Å². The second-order valence-electron chi connectivity index (χ2n) is 5.66. The average Bonchev–Trinajstić information content (AvgIpc) is 2.90. The number of hydrogen-bond acceptors (Lipinski definition) is 2. The Morgan fingerprint density at radius 3 is 2.39 bits per heavy atom. The Hall–Kier alpha value is -1.02. The van der Waals surface area contributed by atoms with Crippen LogP contribution in [-0.2, 0) is 0 Å². The molecule has 100 valence electrons. The molecule has 18 heavy (non-hydrogen) atoms. The Balaban J connectivity index is 1.96. The fraction of sp³-hybridized carbons (Fsp3) is 0.625. The summed E-state index contributed by atoms with van der Waals surface area (Å²) < 4.78 is 0. The van der Waals surface area contributed by atoms with Crippen LogP contribution in [0.25, 0.3) is 0 Å². The molecular weight excluding hydrogens is 220 g/mol. The van der Waals surface area contributed by atoms with Crippen molar-refractivity contribution < 1.29 is 0 Å². The van der Waals surface area contributed by atoms with Gasteiger partial charge in [0.15, 0.2) is 0 Å². The van der Waals surface area contributed by atoms with Crippen molar-refractivity contribution in [3.05, 3.63) is 29.8 Å². The highest BCUT2D eigenvalue weighted by Gasteiger charge is 2.24. The lowest BCUT2D eigenvalue weighted by Crippen LogP contribution is -2.42. The topological polar surface area (TPSA) is 15.3 Å². The second-order valence-corrected chi connectivity index (χ2v) is 5.66. The molecule has 0 heterocycles. The number of anilines is 1. The molecule has 1 aliphatic rings. The van der Waals surface area contributed by atoms with Gasteiger partial charge in [0.05, 0.1) is 0 Å². The maximum absolute atomic E-state index is 3.51. The van der Waals surface area contributed by atoms with E-state index in [2.05, 4.69) is 55.5 Å². The zero-order valence-electron chi connectivity index (χ0n) is 11.9. The first-order valence-corrected chi connectivity index (χ1v) is 7.16. The molecule has 0 saturated heterocycles. The quantitative estimate of drug-likeness (QED) is 0.858. The third-order valence-electron chi connectivity index (χ3n) is 4.28. The number of nitrogens with one attached hydrogen (secondary N) is 1. The van der Waals surface area contributed by atoms with Crippen molar-refractivity contribution in [2.75, 3.05) is 25.5 Å². The van der Waals surface area contributed by atoms with Crippen LogP contribution in [0.5, 0.6) is 0 Å². The highest BCUT2D eigenvalue weighted by molar-refractivity contribution is 5.46. The van der Waals surface area contributed by atoms with Gasteiger partial charge in [0, 0.05) is 25.3 Å². The Morgan fingerprint density at radius 2 is 1.83 bits per heavy atom. The van der Waals surface area contributed by atoms with Crippen LogP contribution in [0.4, 0.5) is 5.69 Å². The van der Waals surface area contributed by atoms with Gasteiger partial charge >= 0.3 is 0 Å². The molecule has 2 heteroatoms. The Bertz CT molecular complexity index is 352. The number of aryl methyl sites for hydroxylation is 1. The van der Waals surface area contributed by atoms with Crippen molar-refractivity contribution in [2.45, 2.75) is 38.6 Å². The first kappa shape index (κ1) is 13.4. The summed E-state index contributed by atoms with van der Waals surface area (Å²) in [6.07, 6.45) is 5.62. The van der Waals surface area contributed by atoms with Crippen LogP contribution >= 0.6 is 0 Å². The molecule has 1 atom stereocenters. The summed E-state index contributed by atoms with van der Waals surface area (Å²) in [7, 11) is 4.30. The normalized spacial score (nSPS) is 17.9. The van der Waals surface area contributed by atoms with Gasteiger partial charge in [-0.2, -0.15) is 0 Å². The maximum atomic E-state index is 3.51. The standard InChI is InChI=1S/C16H26N2/c1-13-8-10-15(11-9-13)18(3)12-16(17-2)14-6-4-5-7-14/h8-11,14,16-17H,4-7,12H2,1-3H3. The van der Waals surface area contributed by atoms with Crippen LogP contribution in [-0.4, -0.2) is 26.7 Å². The molecule has 1 saturated carbocycles. The van der Waals surface area contributed by atoms with Gasteiger partial charge < -0.3 is 10.2 Å². The second kappa shape index (κ2) is 6.24. The lowest BCUT2D eigenvalue weighted by atomic mass is 9.97. The molecule has 0 aromatic heterocycles. The first-order valence-electron chi connectivity index (χ1n) is 7.16. The third kappa shape index (κ3) is 3.26. The predicted octanol–water partition coefficient (Wildman–Crippen LogP) is 3.21. The number of nitrogens with zero attached hydrogens (tertiary/aromatic N) is 1. The van der Waals surface area contributed by atoms with Crippen molar-refractivity contribution >= 4 is 5.69 Å². The summed E-state index contributed by atoms with van der Waals surface area (Å²) in [4.78, 5) is 2.37. The van der Waals surface area contributed by atoms with E-state index in [1.54, 1.807) is 0 Å². The van der Waals surface area contributed by atoms with E-state index < -0.39 is 0 Å². The van der Waals surface area contributed by atoms with Gasteiger partial charge in [0.1, 0.15) is 0 Å². The summed E-state index contributed by atoms with van der Waals surface area (Å²) in [5, 5.41) is 3.51. The van der Waals surface area contributed by atoms with Gasteiger partial charge in [-0.15, -0.1) is 0 Å². The fourth-order valence-corrected chi connectivity index (χ4v) is 3.04. The van der Waals surface area contributed by atoms with Gasteiger partial charge in [0.2, 0.25) is 0 Å². The van der Waals surface area contributed by atoms with Crippen LogP contribution in [0.3, 0.4) is 0 Å². The number of likely N-dealkylation sites (N-methyl/N-ethyl adjacent to an activating group) is 2. The molecule has 0 bridgehead atoms. The minimum Gasteiger partial charge on any atom is -0.373 e. The predicted molar refractivity (Wildman–Crippen MR) is 79.3 cm³/mol. The molecule has 1 N–H and O–H groups in total. The lowest BCUT2D eigenvalue weighted by Gasteiger charge is -2.29. The van der Waals surface area contributed by atoms with Crippen molar-refractivity contribution in [3.63, 3.8) is 0 Å². The number of benzene rings is 1. The molecule has 0 radical (unpaired) electrons. The SMILES string of the molecule is CNC(CN(C)c1ccc(C)cc1)C1CCCC1. The number of rotatable bonds is 5. The molecule has 0 amide bonds. The minimum absolute atomic E-state index is 0.624. The van der Waals surface area contributed by atoms with E-state index in [1.165, 1.54) is 36.9 Å². The molecule has 1 aromatic carbocycles. The van der Waals surface area contributed by atoms with Crippen LogP contribution < -0.4 is 10.2 Å². The molecule has 1 aliphatic carbocycles. The molecule has 2 rings (SSSR count). The number of hydrogen-bond donors (Lipinski definition) is 1. The molecule has 1 unspecified atom stereocenters. The smallest absolute Gasteiger partial charge is 0.0364 e. The van der Waals surface area contributed by atoms with E-state index >= 15 is 0 Å². The van der Waals surface area contributed by atoms with Crippen LogP contribution in [0.1, 0.15) is 31.2 Å². The average molecular weight is 246 g/mol. The molecule has 0 spiro atoms. The van der Waals surface area contributed by atoms with Crippen molar-refractivity contribution in [1.29, 1.82) is 0 Å². The van der Waals surface area contributed by atoms with Crippen LogP contribution in [0.2, 0.25) is 0 Å². The van der Waals surface area contributed by atoms with Crippen molar-refractivity contribution in [1.82, 2.24) is 5.32 Å². The van der Waals surface area contributed by atoms with E-state index in [-0.39, 0.29) is 0 Å². The third-order valence-corrected chi connectivity index (χ3v) is 4.28. The van der Waals surface area contributed by atoms with Crippen LogP contribution in [0.15, 0.2) is 24.3 Å². The van der Waals surface area contributed by atoms with E-state index in [9.17, 15) is 0 Å².